The average molecular weight is 444 g/mol. The Morgan fingerprint density at radius 3 is 1.97 bits per heavy atom. The molecular formula is C24H43N4Si2+. The molecule has 0 spiro atoms. The summed E-state index contributed by atoms with van der Waals surface area (Å²) in [4.78, 5) is 2.59. The van der Waals surface area contributed by atoms with Crippen LogP contribution in [0.3, 0.4) is 0 Å². The van der Waals surface area contributed by atoms with Crippen molar-refractivity contribution in [3.05, 3.63) is 42.0 Å². The number of nitrogen functional groups attached to an aromatic ring is 1. The molecule has 1 saturated heterocycles. The summed E-state index contributed by atoms with van der Waals surface area (Å²) in [5.41, 5.74) is 13.2. The molecule has 1 aromatic carbocycles. The van der Waals surface area contributed by atoms with Crippen LogP contribution in [0.2, 0.25) is 39.3 Å². The van der Waals surface area contributed by atoms with Gasteiger partial charge in [-0.2, -0.15) is 0 Å². The van der Waals surface area contributed by atoms with Crippen LogP contribution in [0.1, 0.15) is 48.5 Å². The highest BCUT2D eigenvalue weighted by Crippen LogP contribution is 2.41. The fraction of sp³-hybridized carbons (Fsp3) is 0.625. The highest BCUT2D eigenvalue weighted by Gasteiger charge is 2.33. The van der Waals surface area contributed by atoms with Crippen molar-refractivity contribution in [1.29, 1.82) is 0 Å². The Labute approximate surface area is 186 Å². The van der Waals surface area contributed by atoms with Gasteiger partial charge in [-0.15, -0.1) is 0 Å². The number of rotatable bonds is 6. The quantitative estimate of drug-likeness (QED) is 0.373. The second-order valence-corrected chi connectivity index (χ2v) is 22.8. The molecule has 2 aromatic rings. The fourth-order valence-corrected chi connectivity index (χ4v) is 6.76. The first-order chi connectivity index (χ1) is 13.8. The molecule has 1 fully saturated rings. The first kappa shape index (κ1) is 23.1. The van der Waals surface area contributed by atoms with Gasteiger partial charge in [0.05, 0.1) is 29.7 Å². The summed E-state index contributed by atoms with van der Waals surface area (Å²) in [7, 11) is -0.618. The summed E-state index contributed by atoms with van der Waals surface area (Å²) >= 11 is 0. The molecule has 4 nitrogen and oxygen atoms in total. The topological polar surface area (TPSA) is 38.1 Å². The molecule has 1 aromatic heterocycles. The van der Waals surface area contributed by atoms with E-state index in [1.165, 1.54) is 23.2 Å². The summed E-state index contributed by atoms with van der Waals surface area (Å²) in [6, 6.07) is 5.40. The molecule has 0 saturated carbocycles. The van der Waals surface area contributed by atoms with Crippen LogP contribution in [-0.4, -0.2) is 33.8 Å². The summed E-state index contributed by atoms with van der Waals surface area (Å²) in [6.07, 6.45) is 7.73. The molecule has 1 aliphatic heterocycles. The first-order valence-corrected chi connectivity index (χ1v) is 18.7. The van der Waals surface area contributed by atoms with Gasteiger partial charge in [-0.25, -0.2) is 9.13 Å². The van der Waals surface area contributed by atoms with Gasteiger partial charge in [-0.3, -0.25) is 0 Å². The Balaban J connectivity index is 2.01. The zero-order valence-electron chi connectivity index (χ0n) is 20.7. The number of benzene rings is 1. The molecule has 6 heteroatoms. The van der Waals surface area contributed by atoms with Crippen molar-refractivity contribution in [2.45, 2.75) is 76.7 Å². The molecule has 1 aliphatic rings. The van der Waals surface area contributed by atoms with E-state index in [1.807, 2.05) is 0 Å². The maximum absolute atomic E-state index is 6.89. The molecule has 2 heterocycles. The van der Waals surface area contributed by atoms with E-state index in [-0.39, 0.29) is 0 Å². The maximum Gasteiger partial charge on any atom is 0.243 e. The Bertz CT molecular complexity index is 850. The van der Waals surface area contributed by atoms with Crippen molar-refractivity contribution in [1.82, 2.24) is 4.57 Å². The Kier molecular flexibility index (Phi) is 6.31. The van der Waals surface area contributed by atoms with Crippen molar-refractivity contribution < 1.29 is 4.57 Å². The largest absolute Gasteiger partial charge is 0.398 e. The number of aryl methyl sites for hydroxylation is 1. The van der Waals surface area contributed by atoms with E-state index in [0.29, 0.717) is 17.1 Å². The SMILES string of the molecule is CC(c1cc(N2CCC(n3cc[n+](C)c3)C2)cc(C(C)[Si](C)(C)C)c1N)[Si](C)(C)C. The van der Waals surface area contributed by atoms with Crippen molar-refractivity contribution >= 4 is 27.5 Å². The molecule has 3 unspecified atom stereocenters. The lowest BCUT2D eigenvalue weighted by molar-refractivity contribution is -0.671. The van der Waals surface area contributed by atoms with Gasteiger partial charge in [0, 0.05) is 24.3 Å². The summed E-state index contributed by atoms with van der Waals surface area (Å²) in [5.74, 6) is 0. The first-order valence-electron chi connectivity index (χ1n) is 11.5. The molecule has 166 valence electrons. The Morgan fingerprint density at radius 2 is 1.53 bits per heavy atom. The predicted molar refractivity (Wildman–Crippen MR) is 136 cm³/mol. The second kappa shape index (κ2) is 8.19. The van der Waals surface area contributed by atoms with E-state index < -0.39 is 16.1 Å². The standard InChI is InChI=1S/C24H43N4Si2/c1-18(29(4,5)6)22-14-21(15-23(24(22)25)19(2)30(7,8)9)27-11-10-20(16-27)28-13-12-26(3)17-28/h12-15,17-20H,10-11,16,25H2,1-9H3/q+1. The molecule has 3 rings (SSSR count). The van der Waals surface area contributed by atoms with Crippen molar-refractivity contribution in [2.24, 2.45) is 7.05 Å². The third-order valence-electron chi connectivity index (χ3n) is 7.50. The highest BCUT2D eigenvalue weighted by molar-refractivity contribution is 6.78. The van der Waals surface area contributed by atoms with Gasteiger partial charge in [0.2, 0.25) is 6.33 Å². The number of hydrogen-bond donors (Lipinski definition) is 1. The normalized spacial score (nSPS) is 19.9. The van der Waals surface area contributed by atoms with Gasteiger partial charge in [-0.05, 0) is 34.3 Å². The molecule has 0 radical (unpaired) electrons. The third-order valence-corrected chi connectivity index (χ3v) is 13.3. The van der Waals surface area contributed by atoms with E-state index >= 15 is 0 Å². The summed E-state index contributed by atoms with van der Waals surface area (Å²) < 4.78 is 4.50. The minimum absolute atomic E-state index is 0.541. The molecule has 30 heavy (non-hydrogen) atoms. The average Bonchev–Trinajstić information content (AvgIpc) is 3.28. The van der Waals surface area contributed by atoms with Gasteiger partial charge >= 0.3 is 0 Å². The van der Waals surface area contributed by atoms with Crippen LogP contribution in [0.4, 0.5) is 11.4 Å². The zero-order chi connectivity index (χ0) is 22.4. The van der Waals surface area contributed by atoms with Gasteiger partial charge < -0.3 is 10.6 Å². The third kappa shape index (κ3) is 4.69. The molecule has 0 amide bonds. The molecule has 0 aliphatic carbocycles. The lowest BCUT2D eigenvalue weighted by Gasteiger charge is -2.33. The second-order valence-electron chi connectivity index (χ2n) is 11.6. The van der Waals surface area contributed by atoms with Gasteiger partial charge in [0.25, 0.3) is 0 Å². The van der Waals surface area contributed by atoms with E-state index in [2.05, 4.69) is 105 Å². The Morgan fingerprint density at radius 1 is 1.00 bits per heavy atom. The van der Waals surface area contributed by atoms with E-state index in [9.17, 15) is 0 Å². The molecule has 0 bridgehead atoms. The number of anilines is 2. The lowest BCUT2D eigenvalue weighted by Crippen LogP contribution is -2.32. The number of aromatic nitrogens is 2. The maximum atomic E-state index is 6.89. The summed E-state index contributed by atoms with van der Waals surface area (Å²) in [5, 5.41) is 0. The van der Waals surface area contributed by atoms with Crippen LogP contribution in [0.25, 0.3) is 0 Å². The number of hydrogen-bond acceptors (Lipinski definition) is 2. The van der Waals surface area contributed by atoms with Crippen LogP contribution in [0, 0.1) is 0 Å². The van der Waals surface area contributed by atoms with E-state index in [0.717, 1.165) is 18.8 Å². The van der Waals surface area contributed by atoms with Gasteiger partial charge in [0.15, 0.2) is 0 Å². The number of nitrogens with zero attached hydrogens (tertiary/aromatic N) is 3. The molecule has 2 N–H and O–H groups in total. The van der Waals surface area contributed by atoms with E-state index in [4.69, 9.17) is 5.73 Å². The minimum atomic E-state index is -1.36. The van der Waals surface area contributed by atoms with Crippen molar-refractivity contribution in [3.63, 3.8) is 0 Å². The highest BCUT2D eigenvalue weighted by atomic mass is 28.3. The van der Waals surface area contributed by atoms with Crippen LogP contribution < -0.4 is 15.2 Å². The zero-order valence-corrected chi connectivity index (χ0v) is 22.7. The van der Waals surface area contributed by atoms with Crippen LogP contribution in [0.5, 0.6) is 0 Å². The summed E-state index contributed by atoms with van der Waals surface area (Å²) in [6.45, 7) is 21.7. The van der Waals surface area contributed by atoms with Crippen LogP contribution in [-0.2, 0) is 7.05 Å². The number of nitrogens with two attached hydrogens (primary N) is 1. The fourth-order valence-electron chi connectivity index (χ4n) is 4.42. The number of imidazole rings is 1. The van der Waals surface area contributed by atoms with Gasteiger partial charge in [0.1, 0.15) is 18.4 Å². The Hall–Kier alpha value is -1.54. The predicted octanol–water partition coefficient (Wildman–Crippen LogP) is 5.31. The molecular weight excluding hydrogens is 400 g/mol. The van der Waals surface area contributed by atoms with E-state index in [1.54, 1.807) is 0 Å². The monoisotopic (exact) mass is 443 g/mol. The van der Waals surface area contributed by atoms with Crippen LogP contribution in [0.15, 0.2) is 30.9 Å². The van der Waals surface area contributed by atoms with Gasteiger partial charge in [-0.1, -0.05) is 53.1 Å². The smallest absolute Gasteiger partial charge is 0.243 e. The minimum Gasteiger partial charge on any atom is -0.398 e. The molecule has 3 atom stereocenters. The van der Waals surface area contributed by atoms with Crippen molar-refractivity contribution in [3.8, 4) is 0 Å². The lowest BCUT2D eigenvalue weighted by atomic mass is 10.0. The van der Waals surface area contributed by atoms with Crippen LogP contribution >= 0.6 is 0 Å². The van der Waals surface area contributed by atoms with Crippen molar-refractivity contribution in [2.75, 3.05) is 23.7 Å².